The van der Waals surface area contributed by atoms with Crippen LogP contribution in [0.1, 0.15) is 18.9 Å². The third kappa shape index (κ3) is 1.63. The molecule has 2 heteroatoms. The lowest BCUT2D eigenvalue weighted by molar-refractivity contribution is 0.161. The standard InChI is InChI=1S/C17H18O2/c1-17-7-13(12-5-3-2-4-6-12)14-8-18-9-15(14)16(17)10-19-11-17/h2-6H,7-11H2,1H3. The van der Waals surface area contributed by atoms with E-state index in [4.69, 9.17) is 9.47 Å². The molecule has 0 amide bonds. The molecule has 1 unspecified atom stereocenters. The molecule has 0 radical (unpaired) electrons. The van der Waals surface area contributed by atoms with E-state index in [0.29, 0.717) is 0 Å². The van der Waals surface area contributed by atoms with E-state index in [2.05, 4.69) is 37.3 Å². The molecule has 2 aliphatic heterocycles. The van der Waals surface area contributed by atoms with Gasteiger partial charge in [0.15, 0.2) is 0 Å². The summed E-state index contributed by atoms with van der Waals surface area (Å²) in [7, 11) is 0. The number of hydrogen-bond donors (Lipinski definition) is 0. The summed E-state index contributed by atoms with van der Waals surface area (Å²) < 4.78 is 11.5. The van der Waals surface area contributed by atoms with Crippen molar-refractivity contribution in [2.45, 2.75) is 13.3 Å². The largest absolute Gasteiger partial charge is 0.376 e. The van der Waals surface area contributed by atoms with Crippen molar-refractivity contribution in [1.82, 2.24) is 0 Å². The second-order valence-corrected chi connectivity index (χ2v) is 6.00. The van der Waals surface area contributed by atoms with E-state index in [9.17, 15) is 0 Å². The minimum absolute atomic E-state index is 0.178. The van der Waals surface area contributed by atoms with Crippen molar-refractivity contribution >= 4 is 5.57 Å². The lowest BCUT2D eigenvalue weighted by Gasteiger charge is -2.32. The first-order chi connectivity index (χ1) is 9.28. The Bertz CT molecular complexity index is 583. The lowest BCUT2D eigenvalue weighted by Crippen LogP contribution is -2.25. The smallest absolute Gasteiger partial charge is 0.0727 e. The molecule has 0 saturated carbocycles. The molecule has 1 atom stereocenters. The Morgan fingerprint density at radius 1 is 0.895 bits per heavy atom. The fourth-order valence-corrected chi connectivity index (χ4v) is 3.63. The highest BCUT2D eigenvalue weighted by molar-refractivity contribution is 5.77. The van der Waals surface area contributed by atoms with Gasteiger partial charge in [0.25, 0.3) is 0 Å². The molecule has 0 aromatic heterocycles. The Morgan fingerprint density at radius 2 is 1.68 bits per heavy atom. The Kier molecular flexibility index (Phi) is 2.44. The molecule has 98 valence electrons. The monoisotopic (exact) mass is 254 g/mol. The number of hydrogen-bond acceptors (Lipinski definition) is 2. The Balaban J connectivity index is 1.90. The van der Waals surface area contributed by atoms with E-state index in [1.54, 1.807) is 0 Å². The van der Waals surface area contributed by atoms with Crippen LogP contribution in [0.4, 0.5) is 0 Å². The summed E-state index contributed by atoms with van der Waals surface area (Å²) in [6.45, 7) is 5.50. The maximum atomic E-state index is 5.75. The van der Waals surface area contributed by atoms with Crippen LogP contribution < -0.4 is 0 Å². The second kappa shape index (κ2) is 4.06. The molecule has 0 bridgehead atoms. The van der Waals surface area contributed by atoms with Gasteiger partial charge >= 0.3 is 0 Å². The molecule has 1 aliphatic carbocycles. The van der Waals surface area contributed by atoms with Gasteiger partial charge in [-0.05, 0) is 34.3 Å². The molecule has 0 spiro atoms. The number of fused-ring (bicyclic) bond motifs is 2. The van der Waals surface area contributed by atoms with E-state index in [-0.39, 0.29) is 5.41 Å². The van der Waals surface area contributed by atoms with Gasteiger partial charge in [0.2, 0.25) is 0 Å². The quantitative estimate of drug-likeness (QED) is 0.766. The van der Waals surface area contributed by atoms with E-state index < -0.39 is 0 Å². The van der Waals surface area contributed by atoms with Gasteiger partial charge in [0, 0.05) is 5.41 Å². The third-order valence-corrected chi connectivity index (χ3v) is 4.67. The molecule has 19 heavy (non-hydrogen) atoms. The molecular weight excluding hydrogens is 236 g/mol. The van der Waals surface area contributed by atoms with Crippen molar-refractivity contribution in [3.05, 3.63) is 52.6 Å². The Hall–Kier alpha value is -1.38. The van der Waals surface area contributed by atoms with Gasteiger partial charge in [-0.15, -0.1) is 0 Å². The zero-order chi connectivity index (χ0) is 12.9. The van der Waals surface area contributed by atoms with Crippen molar-refractivity contribution in [1.29, 1.82) is 0 Å². The minimum Gasteiger partial charge on any atom is -0.376 e. The van der Waals surface area contributed by atoms with Crippen LogP contribution in [-0.4, -0.2) is 26.4 Å². The Morgan fingerprint density at radius 3 is 2.53 bits per heavy atom. The zero-order valence-corrected chi connectivity index (χ0v) is 11.2. The Labute approximate surface area is 113 Å². The average Bonchev–Trinajstić information content (AvgIpc) is 3.04. The number of allylic oxidation sites excluding steroid dienone is 1. The molecule has 0 N–H and O–H groups in total. The van der Waals surface area contributed by atoms with Crippen molar-refractivity contribution in [3.63, 3.8) is 0 Å². The van der Waals surface area contributed by atoms with Gasteiger partial charge in [-0.3, -0.25) is 0 Å². The SMILES string of the molecule is CC12COCC1=C1COCC1=C(c1ccccc1)C2. The van der Waals surface area contributed by atoms with E-state index in [1.165, 1.54) is 27.9 Å². The molecule has 2 fully saturated rings. The van der Waals surface area contributed by atoms with Gasteiger partial charge in [0.05, 0.1) is 26.4 Å². The third-order valence-electron chi connectivity index (χ3n) is 4.67. The van der Waals surface area contributed by atoms with Crippen LogP contribution >= 0.6 is 0 Å². The summed E-state index contributed by atoms with van der Waals surface area (Å²) in [5.74, 6) is 0. The van der Waals surface area contributed by atoms with Gasteiger partial charge in [-0.1, -0.05) is 37.3 Å². The summed E-state index contributed by atoms with van der Waals surface area (Å²) in [6.07, 6.45) is 1.08. The molecule has 4 rings (SSSR count). The lowest BCUT2D eigenvalue weighted by atomic mass is 9.70. The maximum Gasteiger partial charge on any atom is 0.0727 e. The molecule has 2 saturated heterocycles. The van der Waals surface area contributed by atoms with Crippen LogP contribution in [0.3, 0.4) is 0 Å². The van der Waals surface area contributed by atoms with Gasteiger partial charge < -0.3 is 9.47 Å². The summed E-state index contributed by atoms with van der Waals surface area (Å²) in [4.78, 5) is 0. The number of ether oxygens (including phenoxy) is 2. The van der Waals surface area contributed by atoms with Gasteiger partial charge in [-0.25, -0.2) is 0 Å². The minimum atomic E-state index is 0.178. The molecule has 3 aliphatic rings. The molecule has 2 nitrogen and oxygen atoms in total. The first-order valence-corrected chi connectivity index (χ1v) is 6.94. The highest BCUT2D eigenvalue weighted by Gasteiger charge is 2.43. The topological polar surface area (TPSA) is 18.5 Å². The van der Waals surface area contributed by atoms with Crippen molar-refractivity contribution < 1.29 is 9.47 Å². The van der Waals surface area contributed by atoms with Gasteiger partial charge in [0.1, 0.15) is 0 Å². The van der Waals surface area contributed by atoms with E-state index >= 15 is 0 Å². The molecule has 2 heterocycles. The van der Waals surface area contributed by atoms with Crippen LogP contribution in [0, 0.1) is 5.41 Å². The number of benzene rings is 1. The second-order valence-electron chi connectivity index (χ2n) is 6.00. The molecule has 1 aromatic carbocycles. The van der Waals surface area contributed by atoms with Crippen molar-refractivity contribution in [2.24, 2.45) is 5.41 Å². The van der Waals surface area contributed by atoms with Crippen LogP contribution in [-0.2, 0) is 9.47 Å². The van der Waals surface area contributed by atoms with Crippen LogP contribution in [0.5, 0.6) is 0 Å². The summed E-state index contributed by atoms with van der Waals surface area (Å²) >= 11 is 0. The first-order valence-electron chi connectivity index (χ1n) is 6.94. The zero-order valence-electron chi connectivity index (χ0n) is 11.2. The van der Waals surface area contributed by atoms with Crippen LogP contribution in [0.15, 0.2) is 47.1 Å². The fourth-order valence-electron chi connectivity index (χ4n) is 3.63. The summed E-state index contributed by atoms with van der Waals surface area (Å²) in [5.41, 5.74) is 7.31. The van der Waals surface area contributed by atoms with Crippen LogP contribution in [0.2, 0.25) is 0 Å². The predicted octanol–water partition coefficient (Wildman–Crippen LogP) is 3.21. The van der Waals surface area contributed by atoms with Gasteiger partial charge in [-0.2, -0.15) is 0 Å². The highest BCUT2D eigenvalue weighted by atomic mass is 16.5. The fraction of sp³-hybridized carbons (Fsp3) is 0.412. The van der Waals surface area contributed by atoms with Crippen LogP contribution in [0.25, 0.3) is 5.57 Å². The number of rotatable bonds is 1. The van der Waals surface area contributed by atoms with E-state index in [0.717, 1.165) is 32.8 Å². The molecular formula is C17H18O2. The maximum absolute atomic E-state index is 5.75. The van der Waals surface area contributed by atoms with Crippen molar-refractivity contribution in [3.8, 4) is 0 Å². The van der Waals surface area contributed by atoms with Crippen molar-refractivity contribution in [2.75, 3.05) is 26.4 Å². The normalized spacial score (nSPS) is 29.7. The predicted molar refractivity (Wildman–Crippen MR) is 74.8 cm³/mol. The summed E-state index contributed by atoms with van der Waals surface area (Å²) in [6, 6.07) is 10.7. The summed E-state index contributed by atoms with van der Waals surface area (Å²) in [5, 5.41) is 0. The first kappa shape index (κ1) is 11.4. The van der Waals surface area contributed by atoms with E-state index in [1.807, 2.05) is 0 Å². The highest BCUT2D eigenvalue weighted by Crippen LogP contribution is 2.51. The average molecular weight is 254 g/mol. The molecule has 1 aromatic rings.